The van der Waals surface area contributed by atoms with Crippen LogP contribution in [0.15, 0.2) is 53.6 Å². The molecule has 126 valence electrons. The molecule has 8 heteroatoms. The van der Waals surface area contributed by atoms with E-state index in [4.69, 9.17) is 23.8 Å². The number of hydrogen-bond donors (Lipinski definition) is 2. The third kappa shape index (κ3) is 4.07. The summed E-state index contributed by atoms with van der Waals surface area (Å²) in [6.45, 7) is 0. The quantitative estimate of drug-likeness (QED) is 0.306. The van der Waals surface area contributed by atoms with Crippen LogP contribution >= 0.6 is 23.8 Å². The summed E-state index contributed by atoms with van der Waals surface area (Å²) in [5.74, 6) is -1.51. The minimum atomic E-state index is -0.755. The summed E-state index contributed by atoms with van der Waals surface area (Å²) in [6.07, 6.45) is 1.42. The molecule has 0 saturated carbocycles. The molecule has 2 N–H and O–H groups in total. The second kappa shape index (κ2) is 7.50. The molecule has 25 heavy (non-hydrogen) atoms. The zero-order valence-corrected chi connectivity index (χ0v) is 14.2. The molecule has 0 radical (unpaired) electrons. The van der Waals surface area contributed by atoms with E-state index in [1.807, 2.05) is 30.3 Å². The van der Waals surface area contributed by atoms with Crippen LogP contribution in [-0.4, -0.2) is 16.3 Å². The van der Waals surface area contributed by atoms with Gasteiger partial charge in [0.15, 0.2) is 5.11 Å². The third-order valence-electron chi connectivity index (χ3n) is 3.28. The Morgan fingerprint density at radius 2 is 1.84 bits per heavy atom. The molecular weight excluding hydrogens is 366 g/mol. The molecule has 0 aliphatic carbocycles. The van der Waals surface area contributed by atoms with Crippen molar-refractivity contribution in [2.75, 3.05) is 5.32 Å². The highest BCUT2D eigenvalue weighted by atomic mass is 35.5. The smallest absolute Gasteiger partial charge is 0.191 e. The molecule has 0 bridgehead atoms. The number of hydrogen-bond acceptors (Lipinski definition) is 3. The van der Waals surface area contributed by atoms with E-state index in [1.165, 1.54) is 12.3 Å². The Bertz CT molecular complexity index is 958. The zero-order valence-electron chi connectivity index (χ0n) is 12.6. The van der Waals surface area contributed by atoms with E-state index in [1.54, 1.807) is 0 Å². The van der Waals surface area contributed by atoms with Crippen molar-refractivity contribution in [1.82, 2.24) is 10.4 Å². The first kappa shape index (κ1) is 17.2. The van der Waals surface area contributed by atoms with Crippen molar-refractivity contribution in [3.63, 3.8) is 0 Å². The van der Waals surface area contributed by atoms with Gasteiger partial charge in [-0.2, -0.15) is 5.10 Å². The Morgan fingerprint density at radius 3 is 2.60 bits per heavy atom. The van der Waals surface area contributed by atoms with Crippen molar-refractivity contribution in [1.29, 1.82) is 0 Å². The molecule has 0 atom stereocenters. The van der Waals surface area contributed by atoms with Crippen molar-refractivity contribution in [3.05, 3.63) is 70.9 Å². The second-order valence-corrected chi connectivity index (χ2v) is 5.75. The van der Waals surface area contributed by atoms with Crippen LogP contribution in [0.5, 0.6) is 0 Å². The Hall–Kier alpha value is -2.64. The number of thiocarbonyl (C=S) groups is 1. The van der Waals surface area contributed by atoms with Crippen molar-refractivity contribution in [2.45, 2.75) is 0 Å². The number of anilines is 1. The molecule has 2 aromatic carbocycles. The molecule has 0 saturated heterocycles. The van der Waals surface area contributed by atoms with Gasteiger partial charge in [-0.3, -0.25) is 5.43 Å². The third-order valence-corrected chi connectivity index (χ3v) is 3.77. The number of rotatable bonds is 3. The number of para-hydroxylation sites is 2. The molecule has 0 spiro atoms. The number of nitrogens with zero attached hydrogens (tertiary/aromatic N) is 2. The van der Waals surface area contributed by atoms with Crippen LogP contribution in [-0.2, 0) is 0 Å². The van der Waals surface area contributed by atoms with Crippen molar-refractivity contribution < 1.29 is 8.78 Å². The molecule has 0 fully saturated rings. The lowest BCUT2D eigenvalue weighted by atomic mass is 10.2. The van der Waals surface area contributed by atoms with E-state index in [0.717, 1.165) is 23.0 Å². The molecule has 0 aliphatic heterocycles. The Balaban J connectivity index is 1.71. The lowest BCUT2D eigenvalue weighted by Crippen LogP contribution is -2.25. The normalized spacial score (nSPS) is 11.0. The van der Waals surface area contributed by atoms with Crippen LogP contribution in [0.2, 0.25) is 5.15 Å². The summed E-state index contributed by atoms with van der Waals surface area (Å²) in [5.41, 5.74) is 3.48. The van der Waals surface area contributed by atoms with Gasteiger partial charge >= 0.3 is 0 Å². The fourth-order valence-corrected chi connectivity index (χ4v) is 2.47. The summed E-state index contributed by atoms with van der Waals surface area (Å²) >= 11 is 11.1. The van der Waals surface area contributed by atoms with Gasteiger partial charge in [0.1, 0.15) is 22.5 Å². The molecule has 0 unspecified atom stereocenters. The van der Waals surface area contributed by atoms with Gasteiger partial charge in [-0.15, -0.1) is 0 Å². The largest absolute Gasteiger partial charge is 0.326 e. The summed E-state index contributed by atoms with van der Waals surface area (Å²) in [5, 5.41) is 7.45. The average Bonchev–Trinajstić information content (AvgIpc) is 2.59. The van der Waals surface area contributed by atoms with Crippen molar-refractivity contribution in [3.8, 4) is 0 Å². The van der Waals surface area contributed by atoms with Crippen LogP contribution in [0.1, 0.15) is 5.56 Å². The lowest BCUT2D eigenvalue weighted by Gasteiger charge is -2.08. The first-order valence-electron chi connectivity index (χ1n) is 7.14. The van der Waals surface area contributed by atoms with Crippen LogP contribution in [0.3, 0.4) is 0 Å². The number of aromatic nitrogens is 1. The van der Waals surface area contributed by atoms with Gasteiger partial charge in [0.25, 0.3) is 0 Å². The van der Waals surface area contributed by atoms with Gasteiger partial charge in [-0.25, -0.2) is 13.8 Å². The topological polar surface area (TPSA) is 49.3 Å². The molecule has 0 aliphatic rings. The molecule has 3 rings (SSSR count). The maximum Gasteiger partial charge on any atom is 0.191 e. The van der Waals surface area contributed by atoms with Gasteiger partial charge in [0.2, 0.25) is 0 Å². The average molecular weight is 377 g/mol. The summed E-state index contributed by atoms with van der Waals surface area (Å²) in [6, 6.07) is 12.8. The van der Waals surface area contributed by atoms with E-state index in [0.29, 0.717) is 5.56 Å². The van der Waals surface area contributed by atoms with Gasteiger partial charge in [-0.05, 0) is 36.5 Å². The maximum atomic E-state index is 13.5. The number of nitrogens with one attached hydrogen (secondary N) is 2. The maximum absolute atomic E-state index is 13.5. The minimum absolute atomic E-state index is 0.0647. The monoisotopic (exact) mass is 376 g/mol. The number of pyridine rings is 1. The number of benzene rings is 2. The summed E-state index contributed by atoms with van der Waals surface area (Å²) in [4.78, 5) is 4.26. The number of hydrazone groups is 1. The van der Waals surface area contributed by atoms with Crippen LogP contribution < -0.4 is 10.7 Å². The highest BCUT2D eigenvalue weighted by Gasteiger charge is 2.09. The standard InChI is InChI=1S/C17H11ClF2N4S/c18-16-11(8-10-4-1-2-7-14(10)22-16)9-21-24-17(25)23-15-12(19)5-3-6-13(15)20/h1-9H,(H2,23,24,25)/b21-9+. The van der Waals surface area contributed by atoms with Crippen LogP contribution in [0, 0.1) is 11.6 Å². The fourth-order valence-electron chi connectivity index (χ4n) is 2.12. The van der Waals surface area contributed by atoms with E-state index >= 15 is 0 Å². The Morgan fingerprint density at radius 1 is 1.12 bits per heavy atom. The van der Waals surface area contributed by atoms with E-state index in [9.17, 15) is 8.78 Å². The summed E-state index contributed by atoms with van der Waals surface area (Å²) < 4.78 is 27.1. The first-order valence-corrected chi connectivity index (χ1v) is 7.92. The molecule has 3 aromatic rings. The molecule has 4 nitrogen and oxygen atoms in total. The fraction of sp³-hybridized carbons (Fsp3) is 0. The van der Waals surface area contributed by atoms with Gasteiger partial charge in [0.05, 0.1) is 11.7 Å². The SMILES string of the molecule is Fc1cccc(F)c1NC(=S)N/N=C/c1cc2ccccc2nc1Cl. The predicted octanol–water partition coefficient (Wildman–Crippen LogP) is 4.49. The van der Waals surface area contributed by atoms with Crippen molar-refractivity contribution >= 4 is 51.7 Å². The van der Waals surface area contributed by atoms with E-state index in [2.05, 4.69) is 20.8 Å². The Kier molecular flexibility index (Phi) is 5.16. The van der Waals surface area contributed by atoms with Gasteiger partial charge < -0.3 is 5.32 Å². The minimum Gasteiger partial charge on any atom is -0.326 e. The highest BCUT2D eigenvalue weighted by molar-refractivity contribution is 7.80. The van der Waals surface area contributed by atoms with Crippen LogP contribution in [0.25, 0.3) is 10.9 Å². The van der Waals surface area contributed by atoms with Gasteiger partial charge in [-0.1, -0.05) is 35.9 Å². The molecule has 1 aromatic heterocycles. The Labute approximate surface area is 152 Å². The van der Waals surface area contributed by atoms with E-state index < -0.39 is 11.6 Å². The predicted molar refractivity (Wildman–Crippen MR) is 100 cm³/mol. The van der Waals surface area contributed by atoms with Crippen molar-refractivity contribution in [2.24, 2.45) is 5.10 Å². The number of fused-ring (bicyclic) bond motifs is 1. The highest BCUT2D eigenvalue weighted by Crippen LogP contribution is 2.19. The number of halogens is 3. The lowest BCUT2D eigenvalue weighted by molar-refractivity contribution is 0.591. The molecule has 1 heterocycles. The first-order chi connectivity index (χ1) is 12.0. The zero-order chi connectivity index (χ0) is 17.8. The van der Waals surface area contributed by atoms with E-state index in [-0.39, 0.29) is 16.0 Å². The van der Waals surface area contributed by atoms with Crippen LogP contribution in [0.4, 0.5) is 14.5 Å². The second-order valence-electron chi connectivity index (χ2n) is 4.98. The summed E-state index contributed by atoms with van der Waals surface area (Å²) in [7, 11) is 0. The van der Waals surface area contributed by atoms with Gasteiger partial charge in [0, 0.05) is 10.9 Å². The molecular formula is C17H11ClF2N4S. The molecule has 0 amide bonds.